The lowest BCUT2D eigenvalue weighted by Gasteiger charge is -2.30. The molecule has 5 heteroatoms. The third-order valence-corrected chi connectivity index (χ3v) is 3.59. The number of anilines is 2. The van der Waals surface area contributed by atoms with Gasteiger partial charge >= 0.3 is 0 Å². The van der Waals surface area contributed by atoms with E-state index in [4.69, 9.17) is 15.2 Å². The predicted octanol–water partition coefficient (Wildman–Crippen LogP) is 2.82. The average molecular weight is 279 g/mol. The first-order valence-electron chi connectivity index (χ1n) is 7.05. The van der Waals surface area contributed by atoms with Crippen molar-refractivity contribution in [1.29, 1.82) is 0 Å². The van der Waals surface area contributed by atoms with Crippen LogP contribution in [-0.4, -0.2) is 28.8 Å². The Bertz CT molecular complexity index is 484. The van der Waals surface area contributed by atoms with Gasteiger partial charge in [-0.25, -0.2) is 0 Å². The number of ether oxygens (including phenoxy) is 2. The van der Waals surface area contributed by atoms with Crippen LogP contribution in [0.15, 0.2) is 12.1 Å². The third-order valence-electron chi connectivity index (χ3n) is 3.59. The first-order chi connectivity index (χ1) is 9.20. The molecule has 1 aromatic heterocycles. The summed E-state index contributed by atoms with van der Waals surface area (Å²) in [6, 6.07) is 3.70. The molecule has 1 aromatic rings. The summed E-state index contributed by atoms with van der Waals surface area (Å²) >= 11 is 0. The summed E-state index contributed by atoms with van der Waals surface area (Å²) in [5.41, 5.74) is 6.04. The predicted molar refractivity (Wildman–Crippen MR) is 81.1 cm³/mol. The van der Waals surface area contributed by atoms with Crippen molar-refractivity contribution in [2.75, 3.05) is 17.7 Å². The zero-order chi connectivity index (χ0) is 15.0. The normalized spacial score (nSPS) is 26.6. The number of hydrogen-bond acceptors (Lipinski definition) is 5. The maximum atomic E-state index is 5.93. The van der Waals surface area contributed by atoms with Crippen molar-refractivity contribution in [3.05, 3.63) is 12.1 Å². The van der Waals surface area contributed by atoms with Crippen molar-refractivity contribution >= 4 is 11.5 Å². The number of nitrogens with two attached hydrogens (primary N) is 1. The number of aromatic nitrogens is 1. The van der Waals surface area contributed by atoms with Crippen molar-refractivity contribution in [2.45, 2.75) is 58.3 Å². The number of nitrogen functional groups attached to an aromatic ring is 1. The highest BCUT2D eigenvalue weighted by Crippen LogP contribution is 2.31. The molecule has 1 saturated heterocycles. The van der Waals surface area contributed by atoms with E-state index in [-0.39, 0.29) is 17.2 Å². The summed E-state index contributed by atoms with van der Waals surface area (Å²) in [6.07, 6.45) is 1.10. The SMILES string of the molecule is CC1OCCC1(C)Nc1ccc(N)c(OC(C)(C)C)n1. The lowest BCUT2D eigenvalue weighted by molar-refractivity contribution is 0.105. The van der Waals surface area contributed by atoms with Crippen LogP contribution in [0, 0.1) is 0 Å². The van der Waals surface area contributed by atoms with E-state index in [1.165, 1.54) is 0 Å². The molecule has 0 bridgehead atoms. The molecule has 2 rings (SSSR count). The first kappa shape index (κ1) is 14.9. The molecule has 20 heavy (non-hydrogen) atoms. The molecule has 2 heterocycles. The molecule has 1 aliphatic heterocycles. The molecule has 0 aliphatic carbocycles. The third kappa shape index (κ3) is 3.33. The Labute approximate surface area is 120 Å². The molecule has 0 saturated carbocycles. The summed E-state index contributed by atoms with van der Waals surface area (Å²) in [6.45, 7) is 10.9. The zero-order valence-electron chi connectivity index (χ0n) is 13.0. The van der Waals surface area contributed by atoms with Crippen LogP contribution in [0.1, 0.15) is 41.0 Å². The van der Waals surface area contributed by atoms with Gasteiger partial charge in [0.2, 0.25) is 5.88 Å². The summed E-state index contributed by atoms with van der Waals surface area (Å²) < 4.78 is 11.4. The smallest absolute Gasteiger partial charge is 0.239 e. The largest absolute Gasteiger partial charge is 0.470 e. The quantitative estimate of drug-likeness (QED) is 0.890. The Morgan fingerprint density at radius 3 is 2.70 bits per heavy atom. The number of pyridine rings is 1. The van der Waals surface area contributed by atoms with E-state index in [1.54, 1.807) is 0 Å². The van der Waals surface area contributed by atoms with E-state index in [0.717, 1.165) is 18.8 Å². The molecule has 112 valence electrons. The van der Waals surface area contributed by atoms with Gasteiger partial charge in [-0.1, -0.05) is 0 Å². The van der Waals surface area contributed by atoms with Crippen LogP contribution >= 0.6 is 0 Å². The minimum Gasteiger partial charge on any atom is -0.470 e. The molecule has 0 aromatic carbocycles. The van der Waals surface area contributed by atoms with Crippen molar-refractivity contribution in [2.24, 2.45) is 0 Å². The Morgan fingerprint density at radius 1 is 1.45 bits per heavy atom. The van der Waals surface area contributed by atoms with E-state index >= 15 is 0 Å². The Hall–Kier alpha value is -1.49. The van der Waals surface area contributed by atoms with E-state index in [0.29, 0.717) is 11.6 Å². The van der Waals surface area contributed by atoms with E-state index in [2.05, 4.69) is 24.1 Å². The van der Waals surface area contributed by atoms with Gasteiger partial charge in [0, 0.05) is 6.61 Å². The van der Waals surface area contributed by atoms with Crippen LogP contribution in [0.2, 0.25) is 0 Å². The highest BCUT2D eigenvalue weighted by Gasteiger charge is 2.37. The van der Waals surface area contributed by atoms with E-state index in [1.807, 2.05) is 32.9 Å². The summed E-state index contributed by atoms with van der Waals surface area (Å²) in [4.78, 5) is 4.49. The standard InChI is InChI=1S/C15H25N3O2/c1-10-15(5,8-9-19-10)18-12-7-6-11(16)13(17-12)20-14(2,3)4/h6-7,10H,8-9,16H2,1-5H3,(H,17,18). The molecule has 2 unspecified atom stereocenters. The Balaban J connectivity index is 2.19. The molecular formula is C15H25N3O2. The number of rotatable bonds is 3. The van der Waals surface area contributed by atoms with Crippen LogP contribution in [0.25, 0.3) is 0 Å². The fourth-order valence-corrected chi connectivity index (χ4v) is 2.18. The first-order valence-corrected chi connectivity index (χ1v) is 7.05. The summed E-state index contributed by atoms with van der Waals surface area (Å²) in [7, 11) is 0. The second-order valence-electron chi connectivity index (χ2n) is 6.61. The fraction of sp³-hybridized carbons (Fsp3) is 0.667. The molecule has 1 aliphatic rings. The molecule has 2 atom stereocenters. The summed E-state index contributed by atoms with van der Waals surface area (Å²) in [5, 5.41) is 3.45. The maximum absolute atomic E-state index is 5.93. The van der Waals surface area contributed by atoms with Crippen LogP contribution in [0.4, 0.5) is 11.5 Å². The number of hydrogen-bond donors (Lipinski definition) is 2. The lowest BCUT2D eigenvalue weighted by atomic mass is 9.95. The maximum Gasteiger partial charge on any atom is 0.239 e. The lowest BCUT2D eigenvalue weighted by Crippen LogP contribution is -2.41. The van der Waals surface area contributed by atoms with E-state index in [9.17, 15) is 0 Å². The molecular weight excluding hydrogens is 254 g/mol. The van der Waals surface area contributed by atoms with Crippen LogP contribution < -0.4 is 15.8 Å². The number of nitrogens with zero attached hydrogens (tertiary/aromatic N) is 1. The molecule has 0 spiro atoms. The van der Waals surface area contributed by atoms with Crippen molar-refractivity contribution in [3.63, 3.8) is 0 Å². The Kier molecular flexibility index (Phi) is 3.82. The topological polar surface area (TPSA) is 69.4 Å². The zero-order valence-corrected chi connectivity index (χ0v) is 13.0. The molecule has 5 nitrogen and oxygen atoms in total. The average Bonchev–Trinajstić information content (AvgIpc) is 2.62. The fourth-order valence-electron chi connectivity index (χ4n) is 2.18. The van der Waals surface area contributed by atoms with Crippen LogP contribution in [0.3, 0.4) is 0 Å². The van der Waals surface area contributed by atoms with Crippen molar-refractivity contribution < 1.29 is 9.47 Å². The Morgan fingerprint density at radius 2 is 2.15 bits per heavy atom. The molecule has 0 radical (unpaired) electrons. The molecule has 1 fully saturated rings. The van der Waals surface area contributed by atoms with Gasteiger partial charge in [0.15, 0.2) is 0 Å². The molecule has 0 amide bonds. The highest BCUT2D eigenvalue weighted by atomic mass is 16.5. The van der Waals surface area contributed by atoms with Crippen molar-refractivity contribution in [3.8, 4) is 5.88 Å². The van der Waals surface area contributed by atoms with Gasteiger partial charge in [0.25, 0.3) is 0 Å². The monoisotopic (exact) mass is 279 g/mol. The second-order valence-corrected chi connectivity index (χ2v) is 6.61. The highest BCUT2D eigenvalue weighted by molar-refractivity contribution is 5.54. The van der Waals surface area contributed by atoms with Crippen LogP contribution in [-0.2, 0) is 4.74 Å². The van der Waals surface area contributed by atoms with Gasteiger partial charge < -0.3 is 20.5 Å². The van der Waals surface area contributed by atoms with Gasteiger partial charge in [-0.2, -0.15) is 4.98 Å². The summed E-state index contributed by atoms with van der Waals surface area (Å²) in [5.74, 6) is 1.23. The van der Waals surface area contributed by atoms with Gasteiger partial charge in [0.1, 0.15) is 11.4 Å². The molecule has 3 N–H and O–H groups in total. The van der Waals surface area contributed by atoms with Gasteiger partial charge in [-0.3, -0.25) is 0 Å². The second kappa shape index (κ2) is 5.13. The van der Waals surface area contributed by atoms with Gasteiger partial charge in [-0.05, 0) is 53.2 Å². The van der Waals surface area contributed by atoms with Crippen molar-refractivity contribution in [1.82, 2.24) is 4.98 Å². The number of nitrogens with one attached hydrogen (secondary N) is 1. The van der Waals surface area contributed by atoms with Crippen LogP contribution in [0.5, 0.6) is 5.88 Å². The minimum atomic E-state index is -0.326. The van der Waals surface area contributed by atoms with Gasteiger partial charge in [0.05, 0.1) is 17.3 Å². The van der Waals surface area contributed by atoms with Gasteiger partial charge in [-0.15, -0.1) is 0 Å². The van der Waals surface area contributed by atoms with E-state index < -0.39 is 0 Å². The minimum absolute atomic E-state index is 0.109.